The Kier molecular flexibility index (Phi) is 3.76. The van der Waals surface area contributed by atoms with Crippen LogP contribution in [0.1, 0.15) is 20.3 Å². The molecule has 0 saturated carbocycles. The fourth-order valence-corrected chi connectivity index (χ4v) is 1.57. The Morgan fingerprint density at radius 3 is 2.42 bits per heavy atom. The SMILES string of the molecule is CCOC(=O)N1N=C(C)CC1(O)C(F)(F)C(F)(F)F. The summed E-state index contributed by atoms with van der Waals surface area (Å²) in [5.74, 6) is -5.55. The second kappa shape index (κ2) is 4.58. The highest BCUT2D eigenvalue weighted by Crippen LogP contribution is 2.48. The van der Waals surface area contributed by atoms with Gasteiger partial charge in [-0.1, -0.05) is 0 Å². The van der Waals surface area contributed by atoms with Gasteiger partial charge in [-0.25, -0.2) is 4.79 Å². The molecule has 0 aromatic carbocycles. The molecule has 1 N–H and O–H groups in total. The summed E-state index contributed by atoms with van der Waals surface area (Å²) in [4.78, 5) is 11.3. The summed E-state index contributed by atoms with van der Waals surface area (Å²) in [7, 11) is 0. The Morgan fingerprint density at radius 2 is 2.00 bits per heavy atom. The number of alkyl halides is 5. The molecule has 0 fully saturated rings. The zero-order valence-electron chi connectivity index (χ0n) is 9.96. The van der Waals surface area contributed by atoms with Crippen LogP contribution in [0.15, 0.2) is 5.10 Å². The molecule has 0 aliphatic carbocycles. The number of aliphatic hydroxyl groups is 1. The molecule has 1 aliphatic rings. The number of hydrazone groups is 1. The van der Waals surface area contributed by atoms with Crippen LogP contribution in [-0.4, -0.2) is 46.4 Å². The number of amides is 1. The molecule has 0 aromatic rings. The van der Waals surface area contributed by atoms with Crippen LogP contribution in [0.2, 0.25) is 0 Å². The van der Waals surface area contributed by atoms with Gasteiger partial charge in [0.2, 0.25) is 5.72 Å². The number of carbonyl (C=O) groups is 1. The zero-order chi connectivity index (χ0) is 15.1. The van der Waals surface area contributed by atoms with Crippen molar-refractivity contribution >= 4 is 11.8 Å². The highest BCUT2D eigenvalue weighted by Gasteiger charge is 2.75. The van der Waals surface area contributed by atoms with Gasteiger partial charge in [-0.05, 0) is 13.8 Å². The number of rotatable bonds is 2. The Hall–Kier alpha value is -1.45. The maximum Gasteiger partial charge on any atom is 0.458 e. The smallest absolute Gasteiger partial charge is 0.448 e. The molecule has 1 atom stereocenters. The van der Waals surface area contributed by atoms with Crippen LogP contribution in [0.25, 0.3) is 0 Å². The quantitative estimate of drug-likeness (QED) is 0.792. The molecule has 1 unspecified atom stereocenters. The van der Waals surface area contributed by atoms with Gasteiger partial charge in [0, 0.05) is 12.1 Å². The van der Waals surface area contributed by atoms with E-state index in [2.05, 4.69) is 9.84 Å². The lowest BCUT2D eigenvalue weighted by Crippen LogP contribution is -2.64. The fourth-order valence-electron chi connectivity index (χ4n) is 1.57. The number of ether oxygens (including phenoxy) is 1. The summed E-state index contributed by atoms with van der Waals surface area (Å²) in [5.41, 5.74) is -4.07. The zero-order valence-corrected chi connectivity index (χ0v) is 9.96. The van der Waals surface area contributed by atoms with E-state index < -0.39 is 30.3 Å². The van der Waals surface area contributed by atoms with Crippen LogP contribution in [0, 0.1) is 0 Å². The average Bonchev–Trinajstić information content (AvgIpc) is 2.54. The lowest BCUT2D eigenvalue weighted by atomic mass is 9.99. The maximum absolute atomic E-state index is 13.3. The van der Waals surface area contributed by atoms with Crippen LogP contribution in [0.5, 0.6) is 0 Å². The number of hydrogen-bond acceptors (Lipinski definition) is 4. The van der Waals surface area contributed by atoms with E-state index in [0.717, 1.165) is 6.92 Å². The van der Waals surface area contributed by atoms with Gasteiger partial charge in [-0.15, -0.1) is 0 Å². The van der Waals surface area contributed by atoms with E-state index in [0.29, 0.717) is 0 Å². The molecule has 1 heterocycles. The second-order valence-corrected chi connectivity index (χ2v) is 3.91. The average molecular weight is 290 g/mol. The molecule has 0 bridgehead atoms. The lowest BCUT2D eigenvalue weighted by Gasteiger charge is -2.37. The van der Waals surface area contributed by atoms with Gasteiger partial charge in [0.15, 0.2) is 0 Å². The molecule has 10 heteroatoms. The van der Waals surface area contributed by atoms with Gasteiger partial charge < -0.3 is 9.84 Å². The molecule has 19 heavy (non-hydrogen) atoms. The van der Waals surface area contributed by atoms with Crippen molar-refractivity contribution in [3.8, 4) is 0 Å². The van der Waals surface area contributed by atoms with E-state index >= 15 is 0 Å². The van der Waals surface area contributed by atoms with Crippen molar-refractivity contribution in [2.45, 2.75) is 38.1 Å². The Morgan fingerprint density at radius 1 is 1.47 bits per heavy atom. The third-order valence-corrected chi connectivity index (χ3v) is 2.42. The number of nitrogens with zero attached hydrogens (tertiary/aromatic N) is 2. The van der Waals surface area contributed by atoms with Crippen LogP contribution >= 0.6 is 0 Å². The second-order valence-electron chi connectivity index (χ2n) is 3.91. The first-order chi connectivity index (χ1) is 8.47. The van der Waals surface area contributed by atoms with Crippen LogP contribution in [-0.2, 0) is 4.74 Å². The van der Waals surface area contributed by atoms with Gasteiger partial charge in [-0.2, -0.15) is 32.1 Å². The number of halogens is 5. The van der Waals surface area contributed by atoms with Gasteiger partial charge in [0.1, 0.15) is 0 Å². The Bertz CT molecular complexity index is 409. The molecule has 1 rings (SSSR count). The Balaban J connectivity index is 3.19. The van der Waals surface area contributed by atoms with Crippen molar-refractivity contribution in [2.24, 2.45) is 5.10 Å². The minimum atomic E-state index is -6.04. The summed E-state index contributed by atoms with van der Waals surface area (Å²) in [6.45, 7) is 2.17. The highest BCUT2D eigenvalue weighted by molar-refractivity contribution is 5.87. The molecule has 0 aromatic heterocycles. The van der Waals surface area contributed by atoms with Crippen molar-refractivity contribution in [2.75, 3.05) is 6.61 Å². The summed E-state index contributed by atoms with van der Waals surface area (Å²) in [5, 5.41) is 12.4. The number of carbonyl (C=O) groups excluding carboxylic acids is 1. The monoisotopic (exact) mass is 290 g/mol. The van der Waals surface area contributed by atoms with Crippen LogP contribution in [0.3, 0.4) is 0 Å². The molecule has 1 aliphatic heterocycles. The third kappa shape index (κ3) is 2.36. The summed E-state index contributed by atoms with van der Waals surface area (Å²) in [6, 6.07) is 0. The lowest BCUT2D eigenvalue weighted by molar-refractivity contribution is -0.363. The molecular weight excluding hydrogens is 279 g/mol. The highest BCUT2D eigenvalue weighted by atomic mass is 19.4. The summed E-state index contributed by atoms with van der Waals surface area (Å²) >= 11 is 0. The Labute approximate surface area is 104 Å². The van der Waals surface area contributed by atoms with Crippen LogP contribution in [0.4, 0.5) is 26.7 Å². The normalized spacial score (nSPS) is 24.4. The van der Waals surface area contributed by atoms with Gasteiger partial charge in [0.05, 0.1) is 6.61 Å². The fraction of sp³-hybridized carbons (Fsp3) is 0.778. The minimum absolute atomic E-state index is 0.250. The van der Waals surface area contributed by atoms with E-state index in [4.69, 9.17) is 0 Å². The van der Waals surface area contributed by atoms with Gasteiger partial charge in [0.25, 0.3) is 0 Å². The van der Waals surface area contributed by atoms with E-state index in [1.54, 1.807) is 0 Å². The van der Waals surface area contributed by atoms with Crippen molar-refractivity contribution in [1.29, 1.82) is 0 Å². The largest absolute Gasteiger partial charge is 0.458 e. The summed E-state index contributed by atoms with van der Waals surface area (Å²) in [6.07, 6.45) is -8.74. The molecule has 0 saturated heterocycles. The molecule has 5 nitrogen and oxygen atoms in total. The third-order valence-electron chi connectivity index (χ3n) is 2.42. The van der Waals surface area contributed by atoms with Crippen molar-refractivity contribution in [1.82, 2.24) is 5.01 Å². The van der Waals surface area contributed by atoms with E-state index in [9.17, 15) is 31.9 Å². The van der Waals surface area contributed by atoms with Gasteiger partial charge >= 0.3 is 18.2 Å². The van der Waals surface area contributed by atoms with Crippen molar-refractivity contribution in [3.05, 3.63) is 0 Å². The number of hydrogen-bond donors (Lipinski definition) is 1. The van der Waals surface area contributed by atoms with Gasteiger partial charge in [-0.3, -0.25) is 0 Å². The molecular formula is C9H11F5N2O3. The predicted molar refractivity (Wildman–Crippen MR) is 52.5 cm³/mol. The van der Waals surface area contributed by atoms with E-state index in [1.165, 1.54) is 6.92 Å². The molecule has 110 valence electrons. The van der Waals surface area contributed by atoms with Crippen molar-refractivity contribution in [3.63, 3.8) is 0 Å². The summed E-state index contributed by atoms with van der Waals surface area (Å²) < 4.78 is 68.0. The predicted octanol–water partition coefficient (Wildman–Crippen LogP) is 2.11. The molecule has 0 radical (unpaired) electrons. The first-order valence-electron chi connectivity index (χ1n) is 5.15. The van der Waals surface area contributed by atoms with E-state index in [-0.39, 0.29) is 17.3 Å². The molecule has 0 spiro atoms. The first kappa shape index (κ1) is 15.6. The van der Waals surface area contributed by atoms with E-state index in [1.807, 2.05) is 0 Å². The topological polar surface area (TPSA) is 62.1 Å². The molecule has 1 amide bonds. The van der Waals surface area contributed by atoms with Crippen molar-refractivity contribution < 1.29 is 36.6 Å². The first-order valence-corrected chi connectivity index (χ1v) is 5.15. The maximum atomic E-state index is 13.3. The van der Waals surface area contributed by atoms with Crippen LogP contribution < -0.4 is 0 Å². The standard InChI is InChI=1S/C9H11F5N2O3/c1-3-19-6(17)16-7(18,4-5(2)15-16)8(10,11)9(12,13)14/h18H,3-4H2,1-2H3. The minimum Gasteiger partial charge on any atom is -0.448 e.